The van der Waals surface area contributed by atoms with E-state index in [0.29, 0.717) is 34.5 Å². The number of rotatable bonds is 10. The van der Waals surface area contributed by atoms with E-state index in [4.69, 9.17) is 26.8 Å². The van der Waals surface area contributed by atoms with E-state index < -0.39 is 5.97 Å². The number of morpholine rings is 1. The minimum absolute atomic E-state index is 0.165. The smallest absolute Gasteiger partial charge is 0.335 e. The number of carbonyl (C=O) groups excluding carboxylic acids is 1. The number of aromatic hydroxyl groups is 1. The maximum atomic E-state index is 13.5. The van der Waals surface area contributed by atoms with Crippen LogP contribution in [0.1, 0.15) is 21.5 Å². The number of fused-ring (bicyclic) bond motifs is 1. The first-order valence-corrected chi connectivity index (χ1v) is 15.9. The molecule has 2 aliphatic heterocycles. The second kappa shape index (κ2) is 13.8. The van der Waals surface area contributed by atoms with Crippen LogP contribution in [0.3, 0.4) is 0 Å². The van der Waals surface area contributed by atoms with E-state index in [2.05, 4.69) is 11.0 Å². The van der Waals surface area contributed by atoms with Gasteiger partial charge in [-0.2, -0.15) is 0 Å². The third-order valence-electron chi connectivity index (χ3n) is 7.92. The lowest BCUT2D eigenvalue weighted by Gasteiger charge is -2.26. The fraction of sp³-hybridized carbons (Fsp3) is 0.229. The van der Waals surface area contributed by atoms with E-state index in [9.17, 15) is 14.7 Å². The first-order chi connectivity index (χ1) is 21.8. The van der Waals surface area contributed by atoms with Gasteiger partial charge in [-0.25, -0.2) is 4.79 Å². The Kier molecular flexibility index (Phi) is 9.46. The average molecular weight is 641 g/mol. The number of phenolic OH excluding ortho intramolecular Hbond substituents is 1. The zero-order valence-corrected chi connectivity index (χ0v) is 26.1. The molecule has 8 nitrogen and oxygen atoms in total. The molecule has 0 atom stereocenters. The molecule has 4 aromatic rings. The lowest BCUT2D eigenvalue weighted by atomic mass is 9.99. The van der Waals surface area contributed by atoms with Crippen molar-refractivity contribution >= 4 is 57.0 Å². The minimum atomic E-state index is -0.974. The molecule has 2 heterocycles. The van der Waals surface area contributed by atoms with Crippen LogP contribution in [0.5, 0.6) is 11.5 Å². The highest BCUT2D eigenvalue weighted by Gasteiger charge is 2.32. The van der Waals surface area contributed by atoms with Gasteiger partial charge in [0.2, 0.25) is 0 Å². The molecule has 0 spiro atoms. The molecule has 0 unspecified atom stereocenters. The Morgan fingerprint density at radius 3 is 2.42 bits per heavy atom. The highest BCUT2D eigenvalue weighted by atomic mass is 32.2. The van der Waals surface area contributed by atoms with E-state index >= 15 is 0 Å². The molecule has 230 valence electrons. The van der Waals surface area contributed by atoms with Crippen LogP contribution in [-0.4, -0.2) is 82.2 Å². The number of nitrogens with zero attached hydrogens (tertiary/aromatic N) is 2. The molecule has 0 aliphatic carbocycles. The number of ether oxygens (including phenoxy) is 2. The molecule has 0 saturated carbocycles. The largest absolute Gasteiger partial charge is 0.508 e. The second-order valence-electron chi connectivity index (χ2n) is 10.9. The molecule has 0 bridgehead atoms. The van der Waals surface area contributed by atoms with E-state index in [0.717, 1.165) is 65.9 Å². The van der Waals surface area contributed by atoms with Crippen molar-refractivity contribution in [3.63, 3.8) is 0 Å². The van der Waals surface area contributed by atoms with Gasteiger partial charge in [-0.1, -0.05) is 60.4 Å². The first kappa shape index (κ1) is 30.8. The summed E-state index contributed by atoms with van der Waals surface area (Å²) in [7, 11) is 0. The Balaban J connectivity index is 1.24. The number of hydrogen-bond acceptors (Lipinski definition) is 8. The zero-order chi connectivity index (χ0) is 31.3. The Morgan fingerprint density at radius 1 is 0.933 bits per heavy atom. The molecule has 4 aromatic carbocycles. The second-order valence-corrected chi connectivity index (χ2v) is 12.6. The molecular weight excluding hydrogens is 609 g/mol. The summed E-state index contributed by atoms with van der Waals surface area (Å²) in [4.78, 5) is 29.1. The van der Waals surface area contributed by atoms with Gasteiger partial charge in [-0.05, 0) is 82.4 Å². The molecule has 6 rings (SSSR count). The molecule has 1 amide bonds. The Hall–Kier alpha value is -4.22. The van der Waals surface area contributed by atoms with Crippen molar-refractivity contribution < 1.29 is 29.3 Å². The van der Waals surface area contributed by atoms with E-state index in [1.807, 2.05) is 42.5 Å². The topological polar surface area (TPSA) is 99.5 Å². The number of carboxylic acids is 1. The van der Waals surface area contributed by atoms with Crippen molar-refractivity contribution in [3.05, 3.63) is 100 Å². The van der Waals surface area contributed by atoms with Gasteiger partial charge < -0.3 is 19.7 Å². The van der Waals surface area contributed by atoms with Gasteiger partial charge in [-0.3, -0.25) is 14.6 Å². The van der Waals surface area contributed by atoms with Crippen LogP contribution in [0.15, 0.2) is 83.8 Å². The normalized spacial score (nSPS) is 16.5. The van der Waals surface area contributed by atoms with E-state index in [-0.39, 0.29) is 17.2 Å². The van der Waals surface area contributed by atoms with Crippen molar-refractivity contribution in [2.75, 3.05) is 46.0 Å². The van der Waals surface area contributed by atoms with Gasteiger partial charge in [-0.15, -0.1) is 0 Å². The Morgan fingerprint density at radius 2 is 1.64 bits per heavy atom. The predicted molar refractivity (Wildman–Crippen MR) is 181 cm³/mol. The zero-order valence-electron chi connectivity index (χ0n) is 24.5. The summed E-state index contributed by atoms with van der Waals surface area (Å²) in [6.07, 6.45) is 2.40. The molecule has 2 N–H and O–H groups in total. The molecule has 2 saturated heterocycles. The van der Waals surface area contributed by atoms with Crippen LogP contribution in [0, 0.1) is 0 Å². The number of phenols is 1. The van der Waals surface area contributed by atoms with Gasteiger partial charge in [0, 0.05) is 31.7 Å². The monoisotopic (exact) mass is 640 g/mol. The van der Waals surface area contributed by atoms with Crippen LogP contribution < -0.4 is 4.74 Å². The standard InChI is InChI=1S/C35H32N2O6S2/c38-30-9-7-26-19-25(5-6-28(26)21-30)27-8-10-31(43-18-15-36-13-16-42-17-14-36)29(20-27)22-32-33(39)37(35(44)45-32)12-11-23-1-3-24(4-2-23)34(40)41/h1-10,19-22,38H,11-18H2,(H,40,41)/b32-22-. The lowest BCUT2D eigenvalue weighted by molar-refractivity contribution is -0.122. The number of carbonyl (C=O) groups is 2. The van der Waals surface area contributed by atoms with Crippen molar-refractivity contribution in [1.82, 2.24) is 9.80 Å². The van der Waals surface area contributed by atoms with Crippen LogP contribution >= 0.6 is 24.0 Å². The van der Waals surface area contributed by atoms with Crippen LogP contribution in [0.4, 0.5) is 0 Å². The van der Waals surface area contributed by atoms with Gasteiger partial charge in [0.15, 0.2) is 0 Å². The Bertz CT molecular complexity index is 1780. The van der Waals surface area contributed by atoms with Crippen molar-refractivity contribution in [1.29, 1.82) is 0 Å². The molecule has 0 aromatic heterocycles. The summed E-state index contributed by atoms with van der Waals surface area (Å²) >= 11 is 6.87. The first-order valence-electron chi connectivity index (χ1n) is 14.7. The highest BCUT2D eigenvalue weighted by molar-refractivity contribution is 8.26. The van der Waals surface area contributed by atoms with Gasteiger partial charge in [0.1, 0.15) is 22.4 Å². The number of carboxylic acid groups (broad SMARTS) is 1. The average Bonchev–Trinajstić information content (AvgIpc) is 3.32. The summed E-state index contributed by atoms with van der Waals surface area (Å²) in [6.45, 7) is 4.87. The summed E-state index contributed by atoms with van der Waals surface area (Å²) in [5.41, 5.74) is 3.90. The highest BCUT2D eigenvalue weighted by Crippen LogP contribution is 2.36. The van der Waals surface area contributed by atoms with Crippen molar-refractivity contribution in [2.24, 2.45) is 0 Å². The number of thiocarbonyl (C=S) groups is 1. The van der Waals surface area contributed by atoms with Crippen LogP contribution in [0.25, 0.3) is 28.0 Å². The Labute approximate surface area is 270 Å². The van der Waals surface area contributed by atoms with Gasteiger partial charge in [0.05, 0.1) is 23.7 Å². The SMILES string of the molecule is O=C(O)c1ccc(CCN2C(=O)/C(=C/c3cc(-c4ccc5cc(O)ccc5c4)ccc3OCCN3CCOCC3)SC2=S)cc1. The third kappa shape index (κ3) is 7.37. The lowest BCUT2D eigenvalue weighted by Crippen LogP contribution is -2.38. The summed E-state index contributed by atoms with van der Waals surface area (Å²) in [5, 5.41) is 21.0. The summed E-state index contributed by atoms with van der Waals surface area (Å²) in [6, 6.07) is 24.0. The molecule has 45 heavy (non-hydrogen) atoms. The minimum Gasteiger partial charge on any atom is -0.508 e. The summed E-state index contributed by atoms with van der Waals surface area (Å²) < 4.78 is 12.2. The number of benzene rings is 4. The predicted octanol–water partition coefficient (Wildman–Crippen LogP) is 6.07. The van der Waals surface area contributed by atoms with Crippen molar-refractivity contribution in [3.8, 4) is 22.6 Å². The fourth-order valence-corrected chi connectivity index (χ4v) is 6.68. The van der Waals surface area contributed by atoms with Crippen molar-refractivity contribution in [2.45, 2.75) is 6.42 Å². The molecule has 2 fully saturated rings. The fourth-order valence-electron chi connectivity index (χ4n) is 5.38. The maximum Gasteiger partial charge on any atom is 0.335 e. The summed E-state index contributed by atoms with van der Waals surface area (Å²) in [5.74, 6) is -0.230. The maximum absolute atomic E-state index is 13.5. The third-order valence-corrected chi connectivity index (χ3v) is 9.30. The van der Waals surface area contributed by atoms with E-state index in [1.165, 1.54) is 11.8 Å². The van der Waals surface area contributed by atoms with Gasteiger partial charge >= 0.3 is 5.97 Å². The quantitative estimate of drug-likeness (QED) is 0.158. The molecule has 2 aliphatic rings. The van der Waals surface area contributed by atoms with Crippen LogP contribution in [0.2, 0.25) is 0 Å². The number of aromatic carboxylic acids is 1. The molecule has 10 heteroatoms. The number of thioether (sulfide) groups is 1. The van der Waals surface area contributed by atoms with E-state index in [1.54, 1.807) is 41.3 Å². The molecule has 0 radical (unpaired) electrons. The van der Waals surface area contributed by atoms with Gasteiger partial charge in [0.25, 0.3) is 5.91 Å². The number of amides is 1. The number of hydrogen-bond donors (Lipinski definition) is 2. The van der Waals surface area contributed by atoms with Crippen LogP contribution in [-0.2, 0) is 16.0 Å². The molecular formula is C35H32N2O6S2.